The number of alkyl halides is 3. The van der Waals surface area contributed by atoms with Crippen molar-refractivity contribution in [3.63, 3.8) is 0 Å². The molecule has 2 aromatic carbocycles. The van der Waals surface area contributed by atoms with Crippen LogP contribution in [0.25, 0.3) is 11.0 Å². The molecular formula is C32H35F3N10O. The minimum Gasteiger partial charge on any atom is -0.387 e. The molecule has 1 aliphatic rings. The summed E-state index contributed by atoms with van der Waals surface area (Å²) in [5.74, 6) is 0.239. The average molecular weight is 633 g/mol. The van der Waals surface area contributed by atoms with Crippen LogP contribution in [0.15, 0.2) is 72.8 Å². The fraction of sp³-hybridized carbons (Fsp3) is 0.281. The van der Waals surface area contributed by atoms with Crippen LogP contribution >= 0.6 is 0 Å². The molecule has 0 unspecified atom stereocenters. The van der Waals surface area contributed by atoms with Crippen molar-refractivity contribution < 1.29 is 18.0 Å². The molecule has 14 heteroatoms. The second-order valence-corrected chi connectivity index (χ2v) is 11.1. The lowest BCUT2D eigenvalue weighted by Crippen LogP contribution is -2.28. The van der Waals surface area contributed by atoms with Gasteiger partial charge in [0, 0.05) is 55.9 Å². The summed E-state index contributed by atoms with van der Waals surface area (Å²) >= 11 is 0. The summed E-state index contributed by atoms with van der Waals surface area (Å²) in [7, 11) is 5.49. The number of fused-ring (bicyclic) bond motifs is 1. The Labute approximate surface area is 264 Å². The van der Waals surface area contributed by atoms with Gasteiger partial charge >= 0.3 is 6.18 Å². The number of halogens is 3. The monoisotopic (exact) mass is 632 g/mol. The molecule has 11 nitrogen and oxygen atoms in total. The van der Waals surface area contributed by atoms with Gasteiger partial charge in [-0.05, 0) is 74.8 Å². The largest absolute Gasteiger partial charge is 0.416 e. The molecule has 0 atom stereocenters. The standard InChI is InChI=1S/C32H35F3N10O/c1-20-5-6-22(30(46)41-24-14-23(32(33,34)35)15-25(16-24)45(4)12-11-44(2)3)13-26(20)42-29-28-27(39-19-40-29)18-38-31(43-28)37-17-21-7-9-36-10-8-21/h5-9,13-16,18-19,36H,10-12,17H2,1-4H3,(H,41,46)(H,37,38,43)(H,39,40,42). The number of rotatable bonds is 11. The molecule has 0 spiro atoms. The number of nitrogens with zero attached hydrogens (tertiary/aromatic N) is 6. The molecule has 0 saturated heterocycles. The van der Waals surface area contributed by atoms with Crippen LogP contribution in [0.5, 0.6) is 0 Å². The van der Waals surface area contributed by atoms with E-state index in [1.807, 2.05) is 38.2 Å². The highest BCUT2D eigenvalue weighted by molar-refractivity contribution is 6.05. The first-order valence-electron chi connectivity index (χ1n) is 14.5. The van der Waals surface area contributed by atoms with Crippen molar-refractivity contribution >= 4 is 45.8 Å². The summed E-state index contributed by atoms with van der Waals surface area (Å²) in [5.41, 5.74) is 3.23. The minimum atomic E-state index is -4.58. The molecule has 0 bridgehead atoms. The van der Waals surface area contributed by atoms with Gasteiger partial charge in [-0.15, -0.1) is 0 Å². The van der Waals surface area contributed by atoms with E-state index in [0.717, 1.165) is 29.8 Å². The molecule has 1 amide bonds. The zero-order valence-corrected chi connectivity index (χ0v) is 25.9. The van der Waals surface area contributed by atoms with Crippen molar-refractivity contribution in [1.29, 1.82) is 0 Å². The van der Waals surface area contributed by atoms with E-state index in [4.69, 9.17) is 0 Å². The van der Waals surface area contributed by atoms with Crippen molar-refractivity contribution in [2.45, 2.75) is 13.1 Å². The number of carbonyl (C=O) groups is 1. The van der Waals surface area contributed by atoms with Crippen LogP contribution < -0.4 is 26.2 Å². The van der Waals surface area contributed by atoms with Gasteiger partial charge in [0.15, 0.2) is 5.82 Å². The number of nitrogens with one attached hydrogen (secondary N) is 4. The molecule has 240 valence electrons. The first kappa shape index (κ1) is 32.2. The summed E-state index contributed by atoms with van der Waals surface area (Å²) < 4.78 is 41.3. The Bertz CT molecular complexity index is 1790. The third-order valence-corrected chi connectivity index (χ3v) is 7.30. The van der Waals surface area contributed by atoms with Crippen LogP contribution in [0.2, 0.25) is 0 Å². The highest BCUT2D eigenvalue weighted by Gasteiger charge is 2.32. The van der Waals surface area contributed by atoms with Crippen LogP contribution in [0.4, 0.5) is 42.0 Å². The second kappa shape index (κ2) is 13.8. The summed E-state index contributed by atoms with van der Waals surface area (Å²) in [6.07, 6.45) is 4.32. The third kappa shape index (κ3) is 8.07. The number of dihydropyridines is 1. The van der Waals surface area contributed by atoms with Crippen LogP contribution in [0.1, 0.15) is 21.5 Å². The summed E-state index contributed by atoms with van der Waals surface area (Å²) in [6, 6.07) is 8.52. The third-order valence-electron chi connectivity index (χ3n) is 7.30. The van der Waals surface area contributed by atoms with Crippen molar-refractivity contribution in [3.8, 4) is 0 Å². The van der Waals surface area contributed by atoms with E-state index in [2.05, 4.69) is 47.3 Å². The highest BCUT2D eigenvalue weighted by atomic mass is 19.4. The number of aryl methyl sites for hydroxylation is 1. The Hall–Kier alpha value is -5.24. The number of aromatic nitrogens is 4. The van der Waals surface area contributed by atoms with Crippen LogP contribution in [0.3, 0.4) is 0 Å². The zero-order valence-electron chi connectivity index (χ0n) is 25.9. The van der Waals surface area contributed by atoms with Crippen LogP contribution in [-0.2, 0) is 6.18 Å². The predicted molar refractivity (Wildman–Crippen MR) is 175 cm³/mol. The van der Waals surface area contributed by atoms with Gasteiger partial charge in [-0.2, -0.15) is 13.2 Å². The summed E-state index contributed by atoms with van der Waals surface area (Å²) in [6.45, 7) is 4.29. The van der Waals surface area contributed by atoms with Crippen molar-refractivity contribution in [2.75, 3.05) is 68.2 Å². The SMILES string of the molecule is Cc1ccc(C(=O)Nc2cc(N(C)CCN(C)C)cc(C(F)(F)F)c2)cc1Nc1ncnc2cnc(NCC3=CCNC=C3)nc12. The van der Waals surface area contributed by atoms with E-state index >= 15 is 0 Å². The maximum absolute atomic E-state index is 13.8. The number of benzene rings is 2. The topological polar surface area (TPSA) is 123 Å². The van der Waals surface area contributed by atoms with Crippen LogP contribution in [-0.4, -0.2) is 78.1 Å². The Kier molecular flexibility index (Phi) is 9.66. The van der Waals surface area contributed by atoms with E-state index in [9.17, 15) is 18.0 Å². The van der Waals surface area contributed by atoms with Gasteiger partial charge in [0.2, 0.25) is 5.95 Å². The summed E-state index contributed by atoms with van der Waals surface area (Å²) in [5, 5.41) is 12.2. The Morgan fingerprint density at radius 2 is 1.87 bits per heavy atom. The van der Waals surface area contributed by atoms with E-state index < -0.39 is 17.6 Å². The van der Waals surface area contributed by atoms with E-state index in [0.29, 0.717) is 53.8 Å². The predicted octanol–water partition coefficient (Wildman–Crippen LogP) is 5.20. The van der Waals surface area contributed by atoms with Gasteiger partial charge in [0.1, 0.15) is 17.4 Å². The van der Waals surface area contributed by atoms with Crippen LogP contribution in [0, 0.1) is 6.92 Å². The van der Waals surface area contributed by atoms with E-state index in [1.165, 1.54) is 12.4 Å². The number of carbonyl (C=O) groups excluding carboxylic acids is 1. The molecule has 1 aliphatic heterocycles. The van der Waals surface area contributed by atoms with Gasteiger partial charge in [0.25, 0.3) is 5.91 Å². The first-order valence-corrected chi connectivity index (χ1v) is 14.5. The molecule has 2 aromatic heterocycles. The molecule has 0 saturated carbocycles. The quantitative estimate of drug-likeness (QED) is 0.176. The average Bonchev–Trinajstić information content (AvgIpc) is 3.03. The Balaban J connectivity index is 1.37. The molecule has 3 heterocycles. The van der Waals surface area contributed by atoms with Crippen molar-refractivity contribution in [1.82, 2.24) is 30.2 Å². The number of hydrogen-bond acceptors (Lipinski definition) is 10. The van der Waals surface area contributed by atoms with Gasteiger partial charge in [0.05, 0.1) is 11.8 Å². The first-order chi connectivity index (χ1) is 22.0. The lowest BCUT2D eigenvalue weighted by Gasteiger charge is -2.23. The number of hydrogen-bond donors (Lipinski definition) is 4. The van der Waals surface area contributed by atoms with Crippen molar-refractivity contribution in [2.24, 2.45) is 0 Å². The van der Waals surface area contributed by atoms with Crippen molar-refractivity contribution in [3.05, 3.63) is 89.5 Å². The maximum Gasteiger partial charge on any atom is 0.416 e. The van der Waals surface area contributed by atoms with Gasteiger partial charge in [-0.3, -0.25) is 4.79 Å². The van der Waals surface area contributed by atoms with E-state index in [-0.39, 0.29) is 11.3 Å². The lowest BCUT2D eigenvalue weighted by molar-refractivity contribution is -0.137. The molecular weight excluding hydrogens is 597 g/mol. The van der Waals surface area contributed by atoms with Gasteiger partial charge in [-0.1, -0.05) is 12.1 Å². The molecule has 4 N–H and O–H groups in total. The number of likely N-dealkylation sites (N-methyl/N-ethyl adjacent to an activating group) is 2. The second-order valence-electron chi connectivity index (χ2n) is 11.1. The zero-order chi connectivity index (χ0) is 32.8. The summed E-state index contributed by atoms with van der Waals surface area (Å²) in [4.78, 5) is 34.6. The molecule has 4 aromatic rings. The molecule has 0 radical (unpaired) electrons. The number of anilines is 5. The lowest BCUT2D eigenvalue weighted by atomic mass is 10.1. The number of amides is 1. The minimum absolute atomic E-state index is 0.0379. The molecule has 0 fully saturated rings. The highest BCUT2D eigenvalue weighted by Crippen LogP contribution is 2.35. The smallest absolute Gasteiger partial charge is 0.387 e. The molecule has 5 rings (SSSR count). The van der Waals surface area contributed by atoms with E-state index in [1.54, 1.807) is 36.3 Å². The maximum atomic E-state index is 13.8. The normalized spacial score (nSPS) is 12.9. The Morgan fingerprint density at radius 1 is 1.04 bits per heavy atom. The molecule has 0 aliphatic carbocycles. The van der Waals surface area contributed by atoms with Gasteiger partial charge in [-0.25, -0.2) is 19.9 Å². The fourth-order valence-corrected chi connectivity index (χ4v) is 4.61. The van der Waals surface area contributed by atoms with Gasteiger partial charge < -0.3 is 31.1 Å². The fourth-order valence-electron chi connectivity index (χ4n) is 4.61. The molecule has 46 heavy (non-hydrogen) atoms. The Morgan fingerprint density at radius 3 is 2.61 bits per heavy atom.